The molecule has 0 radical (unpaired) electrons. The lowest BCUT2D eigenvalue weighted by Gasteiger charge is -2.25. The fourth-order valence-corrected chi connectivity index (χ4v) is 3.37. The van der Waals surface area contributed by atoms with Gasteiger partial charge in [-0.2, -0.15) is 0 Å². The SMILES string of the molecule is CCCCCCC(C)(O)CCNC(CCCCCCCC(C)=O)C(=O)OCC. The molecule has 0 aliphatic heterocycles. The van der Waals surface area contributed by atoms with Crippen LogP contribution < -0.4 is 5.32 Å². The second-order valence-corrected chi connectivity index (χ2v) is 8.32. The summed E-state index contributed by atoms with van der Waals surface area (Å²) in [6.45, 7) is 8.54. The normalized spacial score (nSPS) is 14.5. The summed E-state index contributed by atoms with van der Waals surface area (Å²) < 4.78 is 5.20. The monoisotopic (exact) mass is 399 g/mol. The number of carbonyl (C=O) groups is 2. The molecule has 28 heavy (non-hydrogen) atoms. The maximum absolute atomic E-state index is 12.2. The Morgan fingerprint density at radius 2 is 1.61 bits per heavy atom. The number of rotatable bonds is 19. The third-order valence-corrected chi connectivity index (χ3v) is 5.22. The van der Waals surface area contributed by atoms with Crippen molar-refractivity contribution in [1.29, 1.82) is 0 Å². The minimum Gasteiger partial charge on any atom is -0.465 e. The molecule has 2 unspecified atom stereocenters. The molecule has 0 rings (SSSR count). The molecule has 0 fully saturated rings. The van der Waals surface area contributed by atoms with Gasteiger partial charge in [0.15, 0.2) is 0 Å². The zero-order valence-electron chi connectivity index (χ0n) is 18.9. The van der Waals surface area contributed by atoms with E-state index in [1.165, 1.54) is 12.8 Å². The zero-order chi connectivity index (χ0) is 21.3. The fourth-order valence-electron chi connectivity index (χ4n) is 3.37. The van der Waals surface area contributed by atoms with E-state index in [1.807, 2.05) is 13.8 Å². The van der Waals surface area contributed by atoms with Crippen LogP contribution in [0.4, 0.5) is 0 Å². The van der Waals surface area contributed by atoms with Crippen molar-refractivity contribution >= 4 is 11.8 Å². The lowest BCUT2D eigenvalue weighted by atomic mass is 9.94. The molecule has 5 nitrogen and oxygen atoms in total. The molecule has 5 heteroatoms. The second-order valence-electron chi connectivity index (χ2n) is 8.32. The van der Waals surface area contributed by atoms with Crippen LogP contribution in [-0.2, 0) is 14.3 Å². The first-order valence-corrected chi connectivity index (χ1v) is 11.4. The Morgan fingerprint density at radius 3 is 2.25 bits per heavy atom. The standard InChI is InChI=1S/C23H45NO4/c1-5-7-8-14-17-23(4,27)18-19-24-21(22(26)28-6-2)16-13-11-9-10-12-15-20(3)25/h21,24,27H,5-19H2,1-4H3. The molecule has 0 bridgehead atoms. The summed E-state index contributed by atoms with van der Waals surface area (Å²) in [6.07, 6.45) is 12.6. The van der Waals surface area contributed by atoms with Gasteiger partial charge in [-0.15, -0.1) is 0 Å². The van der Waals surface area contributed by atoms with Gasteiger partial charge in [-0.3, -0.25) is 4.79 Å². The first kappa shape index (κ1) is 27.1. The van der Waals surface area contributed by atoms with Crippen LogP contribution in [0.25, 0.3) is 0 Å². The maximum Gasteiger partial charge on any atom is 0.323 e. The van der Waals surface area contributed by atoms with E-state index >= 15 is 0 Å². The maximum atomic E-state index is 12.2. The van der Waals surface area contributed by atoms with Crippen LogP contribution in [-0.4, -0.2) is 41.7 Å². The largest absolute Gasteiger partial charge is 0.465 e. The molecule has 0 aromatic carbocycles. The molecule has 0 aromatic heterocycles. The summed E-state index contributed by atoms with van der Waals surface area (Å²) in [5.41, 5.74) is -0.684. The molecule has 2 N–H and O–H groups in total. The van der Waals surface area contributed by atoms with Gasteiger partial charge in [-0.1, -0.05) is 58.3 Å². The molecule has 0 aromatic rings. The van der Waals surface area contributed by atoms with Crippen LogP contribution in [0.15, 0.2) is 0 Å². The van der Waals surface area contributed by atoms with Crippen LogP contribution >= 0.6 is 0 Å². The van der Waals surface area contributed by atoms with Crippen LogP contribution in [0.5, 0.6) is 0 Å². The summed E-state index contributed by atoms with van der Waals surface area (Å²) in [6, 6.07) is -0.298. The number of Topliss-reactive ketones (excluding diaryl/α,β-unsaturated/α-hetero) is 1. The predicted octanol–water partition coefficient (Wildman–Crippen LogP) is 4.94. The van der Waals surface area contributed by atoms with Crippen molar-refractivity contribution in [3.05, 3.63) is 0 Å². The zero-order valence-corrected chi connectivity index (χ0v) is 18.9. The molecule has 166 valence electrons. The van der Waals surface area contributed by atoms with Crippen LogP contribution in [0, 0.1) is 0 Å². The molecular formula is C23H45NO4. The topological polar surface area (TPSA) is 75.6 Å². The summed E-state index contributed by atoms with van der Waals surface area (Å²) in [4.78, 5) is 23.1. The fraction of sp³-hybridized carbons (Fsp3) is 0.913. The van der Waals surface area contributed by atoms with Gasteiger partial charge in [0.25, 0.3) is 0 Å². The van der Waals surface area contributed by atoms with Gasteiger partial charge in [0.2, 0.25) is 0 Å². The molecule has 0 saturated heterocycles. The highest BCUT2D eigenvalue weighted by molar-refractivity contribution is 5.75. The van der Waals surface area contributed by atoms with Gasteiger partial charge in [-0.25, -0.2) is 0 Å². The molecule has 0 saturated carbocycles. The van der Waals surface area contributed by atoms with Crippen LogP contribution in [0.2, 0.25) is 0 Å². The summed E-state index contributed by atoms with van der Waals surface area (Å²) in [7, 11) is 0. The van der Waals surface area contributed by atoms with Crippen LogP contribution in [0.1, 0.15) is 111 Å². The Morgan fingerprint density at radius 1 is 0.964 bits per heavy atom. The third-order valence-electron chi connectivity index (χ3n) is 5.22. The van der Waals surface area contributed by atoms with Gasteiger partial charge in [-0.05, 0) is 53.0 Å². The number of aliphatic hydroxyl groups is 1. The highest BCUT2D eigenvalue weighted by Crippen LogP contribution is 2.19. The van der Waals surface area contributed by atoms with E-state index in [-0.39, 0.29) is 17.8 Å². The molecule has 0 aliphatic rings. The Bertz CT molecular complexity index is 409. The van der Waals surface area contributed by atoms with E-state index < -0.39 is 5.60 Å². The van der Waals surface area contributed by atoms with Crippen molar-refractivity contribution in [1.82, 2.24) is 5.32 Å². The van der Waals surface area contributed by atoms with Crippen molar-refractivity contribution < 1.29 is 19.4 Å². The summed E-state index contributed by atoms with van der Waals surface area (Å²) >= 11 is 0. The average molecular weight is 400 g/mol. The number of ketones is 1. The molecule has 0 amide bonds. The highest BCUT2D eigenvalue weighted by Gasteiger charge is 2.23. The number of hydrogen-bond donors (Lipinski definition) is 2. The molecular weight excluding hydrogens is 354 g/mol. The van der Waals surface area contributed by atoms with E-state index in [1.54, 1.807) is 6.92 Å². The molecule has 0 aliphatic carbocycles. The predicted molar refractivity (Wildman–Crippen MR) is 115 cm³/mol. The van der Waals surface area contributed by atoms with E-state index in [0.717, 1.165) is 57.8 Å². The molecule has 0 heterocycles. The molecule has 2 atom stereocenters. The Balaban J connectivity index is 4.13. The van der Waals surface area contributed by atoms with E-state index in [9.17, 15) is 14.7 Å². The Kier molecular flexibility index (Phi) is 16.4. The van der Waals surface area contributed by atoms with Crippen molar-refractivity contribution in [2.45, 2.75) is 123 Å². The molecule has 0 spiro atoms. The van der Waals surface area contributed by atoms with Crippen molar-refractivity contribution in [3.63, 3.8) is 0 Å². The average Bonchev–Trinajstić information content (AvgIpc) is 2.62. The third kappa shape index (κ3) is 16.1. The number of hydrogen-bond acceptors (Lipinski definition) is 5. The summed E-state index contributed by atoms with van der Waals surface area (Å²) in [5, 5.41) is 13.8. The van der Waals surface area contributed by atoms with Gasteiger partial charge in [0, 0.05) is 6.42 Å². The quantitative estimate of drug-likeness (QED) is 0.238. The smallest absolute Gasteiger partial charge is 0.323 e. The lowest BCUT2D eigenvalue weighted by molar-refractivity contribution is -0.146. The van der Waals surface area contributed by atoms with Crippen molar-refractivity contribution in [2.75, 3.05) is 13.2 Å². The van der Waals surface area contributed by atoms with Gasteiger partial charge in [0.1, 0.15) is 11.8 Å². The van der Waals surface area contributed by atoms with Gasteiger partial charge >= 0.3 is 5.97 Å². The number of esters is 1. The minimum absolute atomic E-state index is 0.193. The second kappa shape index (κ2) is 17.0. The van der Waals surface area contributed by atoms with Crippen LogP contribution in [0.3, 0.4) is 0 Å². The Labute approximate surface area is 173 Å². The summed E-state index contributed by atoms with van der Waals surface area (Å²) in [5.74, 6) is 0.0643. The lowest BCUT2D eigenvalue weighted by Crippen LogP contribution is -2.41. The van der Waals surface area contributed by atoms with Crippen molar-refractivity contribution in [2.24, 2.45) is 0 Å². The van der Waals surface area contributed by atoms with E-state index in [0.29, 0.717) is 26.0 Å². The van der Waals surface area contributed by atoms with Crippen molar-refractivity contribution in [3.8, 4) is 0 Å². The Hall–Kier alpha value is -0.940. The number of nitrogens with one attached hydrogen (secondary N) is 1. The van der Waals surface area contributed by atoms with E-state index in [4.69, 9.17) is 4.74 Å². The number of ether oxygens (including phenoxy) is 1. The number of unbranched alkanes of at least 4 members (excludes halogenated alkanes) is 7. The highest BCUT2D eigenvalue weighted by atomic mass is 16.5. The number of carbonyl (C=O) groups excluding carboxylic acids is 2. The van der Waals surface area contributed by atoms with Gasteiger partial charge in [0.05, 0.1) is 12.2 Å². The first-order valence-electron chi connectivity index (χ1n) is 11.4. The van der Waals surface area contributed by atoms with E-state index in [2.05, 4.69) is 12.2 Å². The van der Waals surface area contributed by atoms with Gasteiger partial charge < -0.3 is 20.0 Å². The minimum atomic E-state index is -0.684. The first-order chi connectivity index (χ1) is 13.3.